The van der Waals surface area contributed by atoms with Gasteiger partial charge in [0.2, 0.25) is 0 Å². The second-order valence-electron chi connectivity index (χ2n) is 5.17. The van der Waals surface area contributed by atoms with Crippen LogP contribution in [0.4, 0.5) is 0 Å². The summed E-state index contributed by atoms with van der Waals surface area (Å²) >= 11 is 0. The fourth-order valence-corrected chi connectivity index (χ4v) is 2.79. The molecular weight excluding hydrogens is 218 g/mol. The average Bonchev–Trinajstić information content (AvgIpc) is 2.43. The summed E-state index contributed by atoms with van der Waals surface area (Å²) in [5.74, 6) is 0.651. The lowest BCUT2D eigenvalue weighted by atomic mass is 9.86. The number of nitrogens with one attached hydrogen (secondary N) is 1. The predicted octanol–water partition coefficient (Wildman–Crippen LogP) is 4.74. The van der Waals surface area contributed by atoms with Crippen LogP contribution in [0.15, 0.2) is 30.3 Å². The van der Waals surface area contributed by atoms with Crippen molar-refractivity contribution in [2.75, 3.05) is 7.05 Å². The van der Waals surface area contributed by atoms with E-state index >= 15 is 0 Å². The maximum absolute atomic E-state index is 3.53. The van der Waals surface area contributed by atoms with Crippen molar-refractivity contribution in [3.63, 3.8) is 0 Å². The van der Waals surface area contributed by atoms with Gasteiger partial charge < -0.3 is 5.32 Å². The van der Waals surface area contributed by atoms with Gasteiger partial charge in [-0.3, -0.25) is 0 Å². The third-order valence-corrected chi connectivity index (χ3v) is 3.89. The third-order valence-electron chi connectivity index (χ3n) is 3.89. The van der Waals surface area contributed by atoms with Crippen molar-refractivity contribution >= 4 is 0 Å². The SMILES string of the molecule is CCCCCCC(NC)C(CC)c1ccccc1. The predicted molar refractivity (Wildman–Crippen MR) is 81.1 cm³/mol. The van der Waals surface area contributed by atoms with Crippen LogP contribution in [0.25, 0.3) is 0 Å². The van der Waals surface area contributed by atoms with E-state index in [2.05, 4.69) is 56.5 Å². The van der Waals surface area contributed by atoms with Gasteiger partial charge in [-0.1, -0.05) is 69.9 Å². The van der Waals surface area contributed by atoms with Gasteiger partial charge in [-0.25, -0.2) is 0 Å². The highest BCUT2D eigenvalue weighted by Crippen LogP contribution is 2.26. The molecular formula is C17H29N. The summed E-state index contributed by atoms with van der Waals surface area (Å²) in [7, 11) is 2.11. The molecule has 0 aliphatic heterocycles. The Balaban J connectivity index is 2.55. The van der Waals surface area contributed by atoms with Crippen molar-refractivity contribution in [3.05, 3.63) is 35.9 Å². The number of rotatable bonds is 9. The zero-order valence-electron chi connectivity index (χ0n) is 12.3. The standard InChI is InChI=1S/C17H29N/c1-4-6-7-11-14-17(18-3)16(5-2)15-12-9-8-10-13-15/h8-10,12-13,16-18H,4-7,11,14H2,1-3H3. The zero-order chi connectivity index (χ0) is 13.2. The van der Waals surface area contributed by atoms with Crippen LogP contribution >= 0.6 is 0 Å². The molecule has 1 N–H and O–H groups in total. The Bertz CT molecular complexity index is 294. The van der Waals surface area contributed by atoms with Crippen LogP contribution in [0.5, 0.6) is 0 Å². The molecule has 2 unspecified atom stereocenters. The molecule has 0 aromatic heterocycles. The molecule has 0 saturated carbocycles. The first-order valence-corrected chi connectivity index (χ1v) is 7.55. The lowest BCUT2D eigenvalue weighted by Gasteiger charge is -2.26. The van der Waals surface area contributed by atoms with Crippen molar-refractivity contribution in [2.45, 2.75) is 64.3 Å². The van der Waals surface area contributed by atoms with Crippen molar-refractivity contribution in [3.8, 4) is 0 Å². The van der Waals surface area contributed by atoms with E-state index in [0.717, 1.165) is 0 Å². The minimum Gasteiger partial charge on any atom is -0.316 e. The van der Waals surface area contributed by atoms with Crippen LogP contribution < -0.4 is 5.32 Å². The van der Waals surface area contributed by atoms with Gasteiger partial charge >= 0.3 is 0 Å². The molecule has 1 nitrogen and oxygen atoms in total. The van der Waals surface area contributed by atoms with Crippen LogP contribution in [0.2, 0.25) is 0 Å². The fraction of sp³-hybridized carbons (Fsp3) is 0.647. The Labute approximate surface area is 113 Å². The molecule has 18 heavy (non-hydrogen) atoms. The lowest BCUT2D eigenvalue weighted by Crippen LogP contribution is -2.31. The van der Waals surface area contributed by atoms with Gasteiger partial charge in [-0.15, -0.1) is 0 Å². The summed E-state index contributed by atoms with van der Waals surface area (Å²) in [6.07, 6.45) is 7.93. The summed E-state index contributed by atoms with van der Waals surface area (Å²) in [6.45, 7) is 4.57. The molecule has 1 heteroatoms. The highest BCUT2D eigenvalue weighted by atomic mass is 14.9. The van der Waals surface area contributed by atoms with E-state index in [1.807, 2.05) is 0 Å². The minimum absolute atomic E-state index is 0.620. The van der Waals surface area contributed by atoms with E-state index in [9.17, 15) is 0 Å². The molecule has 102 valence electrons. The number of benzene rings is 1. The van der Waals surface area contributed by atoms with E-state index < -0.39 is 0 Å². The highest BCUT2D eigenvalue weighted by molar-refractivity contribution is 5.21. The summed E-state index contributed by atoms with van der Waals surface area (Å²) in [4.78, 5) is 0. The quantitative estimate of drug-likeness (QED) is 0.622. The van der Waals surface area contributed by atoms with Crippen molar-refractivity contribution in [1.29, 1.82) is 0 Å². The molecule has 0 fully saturated rings. The van der Waals surface area contributed by atoms with E-state index in [1.165, 1.54) is 44.1 Å². The van der Waals surface area contributed by atoms with E-state index in [0.29, 0.717) is 12.0 Å². The Morgan fingerprint density at radius 2 is 1.72 bits per heavy atom. The Hall–Kier alpha value is -0.820. The number of hydrogen-bond donors (Lipinski definition) is 1. The molecule has 0 spiro atoms. The Kier molecular flexibility index (Phi) is 7.75. The molecule has 1 rings (SSSR count). The van der Waals surface area contributed by atoms with Crippen molar-refractivity contribution in [1.82, 2.24) is 5.32 Å². The maximum atomic E-state index is 3.53. The first-order valence-electron chi connectivity index (χ1n) is 7.55. The third kappa shape index (κ3) is 4.81. The molecule has 0 amide bonds. The Morgan fingerprint density at radius 1 is 1.00 bits per heavy atom. The van der Waals surface area contributed by atoms with E-state index in [1.54, 1.807) is 0 Å². The minimum atomic E-state index is 0.620. The second-order valence-corrected chi connectivity index (χ2v) is 5.17. The molecule has 1 aromatic rings. The smallest absolute Gasteiger partial charge is 0.0133 e. The first kappa shape index (κ1) is 15.2. The molecule has 0 radical (unpaired) electrons. The molecule has 0 aliphatic rings. The molecule has 0 heterocycles. The molecule has 0 aliphatic carbocycles. The second kappa shape index (κ2) is 9.16. The summed E-state index contributed by atoms with van der Waals surface area (Å²) in [5, 5.41) is 3.53. The topological polar surface area (TPSA) is 12.0 Å². The van der Waals surface area contributed by atoms with Crippen molar-refractivity contribution in [2.24, 2.45) is 0 Å². The van der Waals surface area contributed by atoms with Crippen LogP contribution in [-0.2, 0) is 0 Å². The largest absolute Gasteiger partial charge is 0.316 e. The number of likely N-dealkylation sites (N-methyl/N-ethyl adjacent to an activating group) is 1. The summed E-state index contributed by atoms with van der Waals surface area (Å²) in [5.41, 5.74) is 1.48. The van der Waals surface area contributed by atoms with Gasteiger partial charge in [-0.05, 0) is 31.4 Å². The summed E-state index contributed by atoms with van der Waals surface area (Å²) in [6, 6.07) is 11.6. The first-order chi connectivity index (χ1) is 8.83. The lowest BCUT2D eigenvalue weighted by molar-refractivity contribution is 0.408. The summed E-state index contributed by atoms with van der Waals surface area (Å²) < 4.78 is 0. The normalized spacial score (nSPS) is 14.4. The van der Waals surface area contributed by atoms with Crippen molar-refractivity contribution < 1.29 is 0 Å². The number of hydrogen-bond acceptors (Lipinski definition) is 1. The van der Waals surface area contributed by atoms with Crippen LogP contribution in [0, 0.1) is 0 Å². The van der Waals surface area contributed by atoms with E-state index in [4.69, 9.17) is 0 Å². The zero-order valence-corrected chi connectivity index (χ0v) is 12.3. The van der Waals surface area contributed by atoms with Crippen LogP contribution in [0.3, 0.4) is 0 Å². The Morgan fingerprint density at radius 3 is 2.28 bits per heavy atom. The number of unbranched alkanes of at least 4 members (excludes halogenated alkanes) is 3. The molecule has 1 aromatic carbocycles. The van der Waals surface area contributed by atoms with E-state index in [-0.39, 0.29) is 0 Å². The van der Waals surface area contributed by atoms with Gasteiger partial charge in [-0.2, -0.15) is 0 Å². The van der Waals surface area contributed by atoms with Crippen LogP contribution in [-0.4, -0.2) is 13.1 Å². The molecule has 0 bridgehead atoms. The highest BCUT2D eigenvalue weighted by Gasteiger charge is 2.19. The van der Waals surface area contributed by atoms with Crippen LogP contribution in [0.1, 0.15) is 63.9 Å². The van der Waals surface area contributed by atoms with Gasteiger partial charge in [0.15, 0.2) is 0 Å². The monoisotopic (exact) mass is 247 g/mol. The van der Waals surface area contributed by atoms with Gasteiger partial charge in [0.05, 0.1) is 0 Å². The van der Waals surface area contributed by atoms with Gasteiger partial charge in [0, 0.05) is 6.04 Å². The molecule has 2 atom stereocenters. The van der Waals surface area contributed by atoms with Gasteiger partial charge in [0.25, 0.3) is 0 Å². The fourth-order valence-electron chi connectivity index (χ4n) is 2.79. The maximum Gasteiger partial charge on any atom is 0.0133 e. The average molecular weight is 247 g/mol. The van der Waals surface area contributed by atoms with Gasteiger partial charge in [0.1, 0.15) is 0 Å². The molecule has 0 saturated heterocycles.